The van der Waals surface area contributed by atoms with Crippen LogP contribution in [0.2, 0.25) is 0 Å². The second-order valence-electron chi connectivity index (χ2n) is 5.30. The van der Waals surface area contributed by atoms with Crippen molar-refractivity contribution in [2.24, 2.45) is 11.7 Å². The summed E-state index contributed by atoms with van der Waals surface area (Å²) in [5, 5.41) is 3.15. The summed E-state index contributed by atoms with van der Waals surface area (Å²) in [4.78, 5) is 12.0. The van der Waals surface area contributed by atoms with Crippen LogP contribution in [0, 0.1) is 5.92 Å². The summed E-state index contributed by atoms with van der Waals surface area (Å²) in [5.41, 5.74) is 5.90. The smallest absolute Gasteiger partial charge is 0.237 e. The Balaban J connectivity index is 0.00000180. The summed E-state index contributed by atoms with van der Waals surface area (Å²) >= 11 is 1.73. The highest BCUT2D eigenvalue weighted by Crippen LogP contribution is 2.34. The zero-order valence-corrected chi connectivity index (χ0v) is 13.1. The van der Waals surface area contributed by atoms with Crippen molar-refractivity contribution in [3.05, 3.63) is 0 Å². The van der Waals surface area contributed by atoms with E-state index in [2.05, 4.69) is 5.32 Å². The lowest BCUT2D eigenvalue weighted by Gasteiger charge is -2.33. The number of thioether (sulfide) groups is 1. The van der Waals surface area contributed by atoms with Crippen LogP contribution in [-0.2, 0) is 9.53 Å². The maximum atomic E-state index is 12.0. The molecule has 1 saturated carbocycles. The average molecular weight is 309 g/mol. The third kappa shape index (κ3) is 4.52. The first-order valence-electron chi connectivity index (χ1n) is 6.89. The fourth-order valence-corrected chi connectivity index (χ4v) is 3.51. The summed E-state index contributed by atoms with van der Waals surface area (Å²) in [6.45, 7) is 0.847. The molecule has 1 saturated heterocycles. The molecule has 2 rings (SSSR count). The van der Waals surface area contributed by atoms with Crippen LogP contribution >= 0.6 is 24.2 Å². The Bertz CT molecular complexity index is 294. The number of hydrogen-bond donors (Lipinski definition) is 2. The van der Waals surface area contributed by atoms with Crippen molar-refractivity contribution in [2.75, 3.05) is 18.6 Å². The fourth-order valence-electron chi connectivity index (χ4n) is 3.02. The SMILES string of the molecule is CSCC[C@H](N)C(=O)NC1CCCC2OCCC12.Cl. The van der Waals surface area contributed by atoms with Gasteiger partial charge in [-0.1, -0.05) is 0 Å². The number of halogens is 1. The molecule has 1 aliphatic heterocycles. The second-order valence-corrected chi connectivity index (χ2v) is 6.28. The molecule has 2 fully saturated rings. The van der Waals surface area contributed by atoms with Crippen molar-refractivity contribution >= 4 is 30.1 Å². The summed E-state index contributed by atoms with van der Waals surface area (Å²) in [7, 11) is 0. The van der Waals surface area contributed by atoms with Crippen LogP contribution in [-0.4, -0.2) is 42.7 Å². The highest BCUT2D eigenvalue weighted by atomic mass is 35.5. The van der Waals surface area contributed by atoms with E-state index in [1.54, 1.807) is 11.8 Å². The second kappa shape index (κ2) is 8.35. The molecule has 19 heavy (non-hydrogen) atoms. The number of hydrogen-bond acceptors (Lipinski definition) is 4. The lowest BCUT2D eigenvalue weighted by Crippen LogP contribution is -2.51. The minimum Gasteiger partial charge on any atom is -0.378 e. The van der Waals surface area contributed by atoms with Crippen LogP contribution in [0.1, 0.15) is 32.1 Å². The minimum atomic E-state index is -0.361. The normalized spacial score (nSPS) is 31.2. The van der Waals surface area contributed by atoms with Gasteiger partial charge >= 0.3 is 0 Å². The quantitative estimate of drug-likeness (QED) is 0.809. The molecule has 0 aromatic heterocycles. The number of fused-ring (bicyclic) bond motifs is 1. The number of ether oxygens (including phenoxy) is 1. The third-order valence-corrected chi connectivity index (χ3v) is 4.72. The first-order valence-corrected chi connectivity index (χ1v) is 8.28. The van der Waals surface area contributed by atoms with Crippen LogP contribution in [0.15, 0.2) is 0 Å². The van der Waals surface area contributed by atoms with Crippen LogP contribution < -0.4 is 11.1 Å². The van der Waals surface area contributed by atoms with Gasteiger partial charge in [0.2, 0.25) is 5.91 Å². The fraction of sp³-hybridized carbons (Fsp3) is 0.923. The maximum Gasteiger partial charge on any atom is 0.237 e. The van der Waals surface area contributed by atoms with Gasteiger partial charge in [-0.2, -0.15) is 11.8 Å². The van der Waals surface area contributed by atoms with E-state index >= 15 is 0 Å². The number of nitrogens with one attached hydrogen (secondary N) is 1. The van der Waals surface area contributed by atoms with Crippen molar-refractivity contribution in [1.82, 2.24) is 5.32 Å². The predicted molar refractivity (Wildman–Crippen MR) is 81.9 cm³/mol. The molecular weight excluding hydrogens is 284 g/mol. The monoisotopic (exact) mass is 308 g/mol. The van der Waals surface area contributed by atoms with Gasteiger partial charge in [0, 0.05) is 18.6 Å². The first-order chi connectivity index (χ1) is 8.72. The van der Waals surface area contributed by atoms with Gasteiger partial charge in [-0.3, -0.25) is 4.79 Å². The molecule has 1 aliphatic carbocycles. The molecule has 3 unspecified atom stereocenters. The van der Waals surface area contributed by atoms with Crippen LogP contribution in [0.4, 0.5) is 0 Å². The Morgan fingerprint density at radius 2 is 2.26 bits per heavy atom. The van der Waals surface area contributed by atoms with Gasteiger partial charge in [-0.15, -0.1) is 12.4 Å². The molecule has 1 amide bonds. The van der Waals surface area contributed by atoms with Gasteiger partial charge < -0.3 is 15.8 Å². The molecule has 0 aromatic rings. The van der Waals surface area contributed by atoms with E-state index in [1.165, 1.54) is 0 Å². The van der Waals surface area contributed by atoms with E-state index in [0.717, 1.165) is 44.5 Å². The van der Waals surface area contributed by atoms with E-state index in [9.17, 15) is 4.79 Å². The van der Waals surface area contributed by atoms with E-state index < -0.39 is 0 Å². The predicted octanol–water partition coefficient (Wildman–Crippen LogP) is 1.56. The van der Waals surface area contributed by atoms with Crippen molar-refractivity contribution in [2.45, 2.75) is 50.3 Å². The standard InChI is InChI=1S/C13H24N2O2S.ClH/c1-18-8-6-10(14)13(16)15-11-3-2-4-12-9(11)5-7-17-12;/h9-12H,2-8,14H2,1H3,(H,15,16);1H/t9?,10-,11?,12?;/m0./s1. The highest BCUT2D eigenvalue weighted by molar-refractivity contribution is 7.98. The van der Waals surface area contributed by atoms with E-state index in [4.69, 9.17) is 10.5 Å². The Morgan fingerprint density at radius 1 is 1.47 bits per heavy atom. The number of amides is 1. The third-order valence-electron chi connectivity index (χ3n) is 4.08. The van der Waals surface area contributed by atoms with Gasteiger partial charge in [-0.25, -0.2) is 0 Å². The van der Waals surface area contributed by atoms with E-state index in [-0.39, 0.29) is 30.4 Å². The molecule has 4 atom stereocenters. The largest absolute Gasteiger partial charge is 0.378 e. The molecule has 4 nitrogen and oxygen atoms in total. The Morgan fingerprint density at radius 3 is 3.00 bits per heavy atom. The Hall–Kier alpha value is 0.0300. The number of carbonyl (C=O) groups is 1. The zero-order chi connectivity index (χ0) is 13.0. The molecule has 3 N–H and O–H groups in total. The van der Waals surface area contributed by atoms with Gasteiger partial charge in [0.25, 0.3) is 0 Å². The minimum absolute atomic E-state index is 0. The number of carbonyl (C=O) groups excluding carboxylic acids is 1. The van der Waals surface area contributed by atoms with E-state index in [0.29, 0.717) is 12.0 Å². The van der Waals surface area contributed by atoms with Crippen molar-refractivity contribution in [3.8, 4) is 0 Å². The van der Waals surface area contributed by atoms with Crippen molar-refractivity contribution < 1.29 is 9.53 Å². The molecule has 1 heterocycles. The summed E-state index contributed by atoms with van der Waals surface area (Å²) < 4.78 is 5.71. The Labute approximate surface area is 126 Å². The first kappa shape index (κ1) is 17.1. The molecule has 0 spiro atoms. The molecular formula is C13H25ClN2O2S. The van der Waals surface area contributed by atoms with Crippen molar-refractivity contribution in [1.29, 1.82) is 0 Å². The highest BCUT2D eigenvalue weighted by Gasteiger charge is 2.38. The Kier molecular flexibility index (Phi) is 7.50. The van der Waals surface area contributed by atoms with Gasteiger partial charge in [0.05, 0.1) is 12.1 Å². The lowest BCUT2D eigenvalue weighted by atomic mass is 9.81. The van der Waals surface area contributed by atoms with Crippen LogP contribution in [0.3, 0.4) is 0 Å². The summed E-state index contributed by atoms with van der Waals surface area (Å²) in [6.07, 6.45) is 7.60. The van der Waals surface area contributed by atoms with E-state index in [1.807, 2.05) is 6.26 Å². The number of nitrogens with two attached hydrogens (primary N) is 1. The van der Waals surface area contributed by atoms with Crippen LogP contribution in [0.25, 0.3) is 0 Å². The molecule has 6 heteroatoms. The molecule has 2 aliphatic rings. The summed E-state index contributed by atoms with van der Waals surface area (Å²) in [5.74, 6) is 1.46. The van der Waals surface area contributed by atoms with Gasteiger partial charge in [0.1, 0.15) is 0 Å². The van der Waals surface area contributed by atoms with Crippen molar-refractivity contribution in [3.63, 3.8) is 0 Å². The average Bonchev–Trinajstić information content (AvgIpc) is 2.85. The number of rotatable bonds is 5. The zero-order valence-electron chi connectivity index (χ0n) is 11.5. The lowest BCUT2D eigenvalue weighted by molar-refractivity contribution is -0.124. The molecule has 0 bridgehead atoms. The van der Waals surface area contributed by atoms with Crippen LogP contribution in [0.5, 0.6) is 0 Å². The molecule has 0 aromatic carbocycles. The molecule has 0 radical (unpaired) electrons. The van der Waals surface area contributed by atoms with Gasteiger partial charge in [-0.05, 0) is 44.1 Å². The topological polar surface area (TPSA) is 64.4 Å². The summed E-state index contributed by atoms with van der Waals surface area (Å²) in [6, 6.07) is -0.0840. The maximum absolute atomic E-state index is 12.0. The van der Waals surface area contributed by atoms with Gasteiger partial charge in [0.15, 0.2) is 0 Å². The molecule has 112 valence electrons.